The molecular formula is C28H44O2. The van der Waals surface area contributed by atoms with E-state index < -0.39 is 0 Å². The first-order valence-corrected chi connectivity index (χ1v) is 12.9. The van der Waals surface area contributed by atoms with Crippen LogP contribution in [-0.2, 0) is 4.74 Å². The third-order valence-electron chi connectivity index (χ3n) is 11.0. The maximum absolute atomic E-state index is 10.3. The molecule has 168 valence electrons. The number of fused-ring (bicyclic) bond motifs is 5. The predicted molar refractivity (Wildman–Crippen MR) is 123 cm³/mol. The second kappa shape index (κ2) is 6.95. The fourth-order valence-electron chi connectivity index (χ4n) is 8.67. The fourth-order valence-corrected chi connectivity index (χ4v) is 8.67. The Hall–Kier alpha value is -0.600. The van der Waals surface area contributed by atoms with E-state index in [2.05, 4.69) is 59.8 Å². The van der Waals surface area contributed by atoms with Crippen LogP contribution < -0.4 is 0 Å². The maximum atomic E-state index is 10.3. The monoisotopic (exact) mass is 412 g/mol. The molecule has 0 radical (unpaired) electrons. The van der Waals surface area contributed by atoms with Crippen molar-refractivity contribution in [1.82, 2.24) is 0 Å². The summed E-state index contributed by atoms with van der Waals surface area (Å²) >= 11 is 0. The van der Waals surface area contributed by atoms with E-state index in [1.54, 1.807) is 5.57 Å². The Kier molecular flexibility index (Phi) is 4.92. The summed E-state index contributed by atoms with van der Waals surface area (Å²) in [7, 11) is 0. The van der Waals surface area contributed by atoms with Crippen molar-refractivity contribution in [3.63, 3.8) is 0 Å². The molecule has 4 fully saturated rings. The smallest absolute Gasteiger partial charge is 0.0960 e. The van der Waals surface area contributed by atoms with Gasteiger partial charge in [-0.15, -0.1) is 0 Å². The van der Waals surface area contributed by atoms with Crippen molar-refractivity contribution in [2.45, 2.75) is 104 Å². The van der Waals surface area contributed by atoms with Crippen LogP contribution in [0.4, 0.5) is 0 Å². The Balaban J connectivity index is 1.41. The van der Waals surface area contributed by atoms with Gasteiger partial charge in [0.2, 0.25) is 0 Å². The maximum Gasteiger partial charge on any atom is 0.0960 e. The highest BCUT2D eigenvalue weighted by Crippen LogP contribution is 2.73. The van der Waals surface area contributed by atoms with Gasteiger partial charge in [0.1, 0.15) is 0 Å². The fraction of sp³-hybridized carbons (Fsp3) is 0.857. The molecular weight excluding hydrogens is 368 g/mol. The number of hydrogen-bond acceptors (Lipinski definition) is 2. The zero-order chi connectivity index (χ0) is 21.5. The van der Waals surface area contributed by atoms with Gasteiger partial charge in [0.05, 0.1) is 17.8 Å². The molecule has 1 saturated heterocycles. The Morgan fingerprint density at radius 3 is 2.53 bits per heavy atom. The van der Waals surface area contributed by atoms with Crippen LogP contribution in [0.5, 0.6) is 0 Å². The second-order valence-electron chi connectivity index (χ2n) is 12.6. The molecule has 2 heterocycles. The number of aliphatic hydroxyl groups excluding tert-OH is 1. The van der Waals surface area contributed by atoms with Gasteiger partial charge in [-0.3, -0.25) is 0 Å². The average molecular weight is 413 g/mol. The standard InChI is InChI=1S/C28H44O2/c1-17(2)18(3)7-8-19(4)21-9-10-22-23-16-25-24-15-20(29)11-12-27(24,6)28(23,30-25)14-13-26(21,22)5/h7-8,16-22,24-25,29H,9-15H2,1-6H3/b8-7+/t18-,19+,20?,21+,22-,24?,25?,26+,27-,28?/m0/s1. The highest BCUT2D eigenvalue weighted by Gasteiger charge is 2.72. The van der Waals surface area contributed by atoms with Crippen LogP contribution in [0.3, 0.4) is 0 Å². The minimum atomic E-state index is -0.121. The van der Waals surface area contributed by atoms with E-state index in [0.717, 1.165) is 25.2 Å². The molecule has 3 saturated carbocycles. The van der Waals surface area contributed by atoms with Gasteiger partial charge in [0, 0.05) is 5.41 Å². The Morgan fingerprint density at radius 1 is 1.03 bits per heavy atom. The lowest BCUT2D eigenvalue weighted by atomic mass is 9.47. The normalized spacial score (nSPS) is 51.6. The van der Waals surface area contributed by atoms with Crippen LogP contribution >= 0.6 is 0 Å². The van der Waals surface area contributed by atoms with Crippen molar-refractivity contribution >= 4 is 0 Å². The average Bonchev–Trinajstić information content (AvgIpc) is 3.32. The zero-order valence-electron chi connectivity index (χ0n) is 20.2. The highest BCUT2D eigenvalue weighted by molar-refractivity contribution is 5.42. The largest absolute Gasteiger partial charge is 0.393 e. The first-order valence-electron chi connectivity index (χ1n) is 12.9. The van der Waals surface area contributed by atoms with E-state index in [0.29, 0.717) is 35.0 Å². The number of hydrogen-bond donors (Lipinski definition) is 1. The Labute approximate surface area is 184 Å². The van der Waals surface area contributed by atoms with Gasteiger partial charge in [-0.05, 0) is 91.4 Å². The van der Waals surface area contributed by atoms with Crippen molar-refractivity contribution < 1.29 is 9.84 Å². The van der Waals surface area contributed by atoms with Gasteiger partial charge < -0.3 is 9.84 Å². The van der Waals surface area contributed by atoms with E-state index in [1.807, 2.05) is 0 Å². The molecule has 30 heavy (non-hydrogen) atoms. The molecule has 10 atom stereocenters. The molecule has 2 nitrogen and oxygen atoms in total. The van der Waals surface area contributed by atoms with E-state index in [-0.39, 0.29) is 23.2 Å². The number of ether oxygens (including phenoxy) is 1. The molecule has 2 aliphatic heterocycles. The highest BCUT2D eigenvalue weighted by atomic mass is 16.5. The van der Waals surface area contributed by atoms with Gasteiger partial charge in [-0.25, -0.2) is 0 Å². The van der Waals surface area contributed by atoms with Crippen LogP contribution in [0.25, 0.3) is 0 Å². The topological polar surface area (TPSA) is 29.5 Å². The molecule has 0 aromatic heterocycles. The van der Waals surface area contributed by atoms with Crippen molar-refractivity contribution in [2.24, 2.45) is 46.3 Å². The lowest BCUT2D eigenvalue weighted by Gasteiger charge is -2.57. The van der Waals surface area contributed by atoms with Crippen molar-refractivity contribution in [3.05, 3.63) is 23.8 Å². The van der Waals surface area contributed by atoms with Gasteiger partial charge in [0.25, 0.3) is 0 Å². The third-order valence-corrected chi connectivity index (χ3v) is 11.0. The number of allylic oxidation sites excluding steroid dienone is 2. The summed E-state index contributed by atoms with van der Waals surface area (Å²) in [6.45, 7) is 14.6. The van der Waals surface area contributed by atoms with Gasteiger partial charge in [-0.1, -0.05) is 59.8 Å². The summed E-state index contributed by atoms with van der Waals surface area (Å²) in [4.78, 5) is 0. The molecule has 2 bridgehead atoms. The summed E-state index contributed by atoms with van der Waals surface area (Å²) in [6.07, 6.45) is 15.9. The van der Waals surface area contributed by atoms with E-state index >= 15 is 0 Å². The first kappa shape index (κ1) is 21.3. The summed E-state index contributed by atoms with van der Waals surface area (Å²) < 4.78 is 6.90. The third kappa shape index (κ3) is 2.68. The van der Waals surface area contributed by atoms with Crippen LogP contribution in [0.15, 0.2) is 23.8 Å². The minimum absolute atomic E-state index is 0.0211. The van der Waals surface area contributed by atoms with Crippen molar-refractivity contribution in [1.29, 1.82) is 0 Å². The SMILES string of the molecule is CC(C)[C@@H](C)/C=C/[C@@H](C)[C@H]1CC[C@H]2C3=CC4OC3(CC[C@]12C)[C@@]1(C)CCC(O)CC41. The van der Waals surface area contributed by atoms with E-state index in [4.69, 9.17) is 4.74 Å². The van der Waals surface area contributed by atoms with Gasteiger partial charge in [0.15, 0.2) is 0 Å². The molecule has 0 aromatic rings. The zero-order valence-corrected chi connectivity index (χ0v) is 20.2. The molecule has 0 amide bonds. The second-order valence-corrected chi connectivity index (χ2v) is 12.6. The van der Waals surface area contributed by atoms with Crippen LogP contribution in [0.2, 0.25) is 0 Å². The van der Waals surface area contributed by atoms with Crippen molar-refractivity contribution in [2.75, 3.05) is 0 Å². The van der Waals surface area contributed by atoms with Crippen molar-refractivity contribution in [3.8, 4) is 0 Å². The van der Waals surface area contributed by atoms with E-state index in [9.17, 15) is 5.11 Å². The molecule has 4 unspecified atom stereocenters. The van der Waals surface area contributed by atoms with Gasteiger partial charge in [-0.2, -0.15) is 0 Å². The number of aliphatic hydroxyl groups is 1. The van der Waals surface area contributed by atoms with Crippen LogP contribution in [0, 0.1) is 46.3 Å². The molecule has 3 aliphatic carbocycles. The Morgan fingerprint density at radius 2 is 1.80 bits per heavy atom. The number of rotatable bonds is 4. The summed E-state index contributed by atoms with van der Waals surface area (Å²) in [5, 5.41) is 10.3. The molecule has 2 heteroatoms. The molecule has 1 spiro atoms. The van der Waals surface area contributed by atoms with Gasteiger partial charge >= 0.3 is 0 Å². The first-order chi connectivity index (χ1) is 14.1. The molecule has 5 aliphatic rings. The predicted octanol–water partition coefficient (Wildman–Crippen LogP) is 6.54. The lowest BCUT2D eigenvalue weighted by Crippen LogP contribution is -2.57. The minimum Gasteiger partial charge on any atom is -0.393 e. The Bertz CT molecular complexity index is 752. The van der Waals surface area contributed by atoms with E-state index in [1.165, 1.54) is 25.7 Å². The van der Waals surface area contributed by atoms with Crippen LogP contribution in [-0.4, -0.2) is 22.9 Å². The lowest BCUT2D eigenvalue weighted by molar-refractivity contribution is -0.0905. The van der Waals surface area contributed by atoms with Crippen LogP contribution in [0.1, 0.15) is 86.5 Å². The molecule has 1 N–H and O–H groups in total. The quantitative estimate of drug-likeness (QED) is 0.531. The summed E-state index contributed by atoms with van der Waals surface area (Å²) in [5.41, 5.74) is 2.31. The summed E-state index contributed by atoms with van der Waals surface area (Å²) in [6, 6.07) is 0. The molecule has 0 aromatic carbocycles. The summed E-state index contributed by atoms with van der Waals surface area (Å²) in [5.74, 6) is 4.03. The molecule has 5 rings (SSSR count).